The summed E-state index contributed by atoms with van der Waals surface area (Å²) in [5.41, 5.74) is -0.932. The minimum Gasteiger partial charge on any atom is -0.449 e. The largest absolute Gasteiger partial charge is 0.449 e. The molecule has 9 nitrogen and oxygen atoms in total. The maximum Gasteiger partial charge on any atom is 0.412 e. The lowest BCUT2D eigenvalue weighted by Crippen LogP contribution is -2.36. The molecular formula is C50H92FN3O6. The molecule has 2 heterocycles. The van der Waals surface area contributed by atoms with E-state index in [0.29, 0.717) is 17.8 Å². The Hall–Kier alpha value is -2.04. The van der Waals surface area contributed by atoms with Gasteiger partial charge in [-0.1, -0.05) is 191 Å². The molecule has 350 valence electrons. The molecule has 1 aliphatic rings. The molecule has 1 aromatic rings. The molecule has 0 radical (unpaired) electrons. The van der Waals surface area contributed by atoms with Crippen LogP contribution in [0.5, 0.6) is 0 Å². The van der Waals surface area contributed by atoms with Gasteiger partial charge in [-0.2, -0.15) is 4.98 Å². The van der Waals surface area contributed by atoms with Crippen molar-refractivity contribution in [2.75, 3.05) is 11.9 Å². The highest BCUT2D eigenvalue weighted by atomic mass is 19.1. The number of unbranched alkanes of at least 4 members (excludes halogenated alkanes) is 2. The normalized spacial score (nSPS) is 22.7. The van der Waals surface area contributed by atoms with Crippen LogP contribution in [0.15, 0.2) is 11.0 Å². The second-order valence-electron chi connectivity index (χ2n) is 19.9. The maximum atomic E-state index is 15.0. The highest BCUT2D eigenvalue weighted by Gasteiger charge is 2.42. The van der Waals surface area contributed by atoms with E-state index in [4.69, 9.17) is 9.47 Å². The predicted octanol–water partition coefficient (Wildman–Crippen LogP) is 13.1. The van der Waals surface area contributed by atoms with Crippen molar-refractivity contribution in [3.05, 3.63) is 22.5 Å². The summed E-state index contributed by atoms with van der Waals surface area (Å²) in [6, 6.07) is 0. The number of rotatable bonds is 32. The van der Waals surface area contributed by atoms with Gasteiger partial charge in [0.25, 0.3) is 0 Å². The molecule has 0 spiro atoms. The van der Waals surface area contributed by atoms with Crippen LogP contribution in [0.4, 0.5) is 15.0 Å². The number of halogens is 1. The zero-order chi connectivity index (χ0) is 44.8. The molecule has 13 atom stereocenters. The van der Waals surface area contributed by atoms with Crippen molar-refractivity contribution in [1.29, 1.82) is 0 Å². The van der Waals surface area contributed by atoms with Crippen LogP contribution in [-0.4, -0.2) is 50.8 Å². The monoisotopic (exact) mass is 850 g/mol. The van der Waals surface area contributed by atoms with Gasteiger partial charge in [0, 0.05) is 0 Å². The second-order valence-corrected chi connectivity index (χ2v) is 19.9. The molecule has 3 N–H and O–H groups in total. The molecule has 1 aromatic heterocycles. The number of ether oxygens (including phenoxy) is 2. The maximum absolute atomic E-state index is 15.0. The third-order valence-electron chi connectivity index (χ3n) is 14.9. The molecule has 1 fully saturated rings. The third kappa shape index (κ3) is 19.6. The van der Waals surface area contributed by atoms with Crippen LogP contribution in [0.2, 0.25) is 0 Å². The van der Waals surface area contributed by atoms with Crippen molar-refractivity contribution >= 4 is 11.9 Å². The van der Waals surface area contributed by atoms with E-state index in [0.717, 1.165) is 72.0 Å². The van der Waals surface area contributed by atoms with Gasteiger partial charge in [0.05, 0.1) is 18.9 Å². The van der Waals surface area contributed by atoms with E-state index in [1.807, 2.05) is 0 Å². The Kier molecular flexibility index (Phi) is 26.5. The van der Waals surface area contributed by atoms with Crippen LogP contribution in [-0.2, 0) is 9.47 Å². The van der Waals surface area contributed by atoms with E-state index < -0.39 is 48.0 Å². The highest BCUT2D eigenvalue weighted by Crippen LogP contribution is 2.32. The lowest BCUT2D eigenvalue weighted by atomic mass is 9.82. The molecule has 0 saturated carbocycles. The Labute approximate surface area is 366 Å². The number of nitrogens with one attached hydrogen (secondary N) is 1. The summed E-state index contributed by atoms with van der Waals surface area (Å²) in [4.78, 5) is 29.2. The average Bonchev–Trinajstić information content (AvgIpc) is 3.47. The number of carbonyl (C=O) groups excluding carboxylic acids is 1. The van der Waals surface area contributed by atoms with E-state index in [1.165, 1.54) is 103 Å². The molecule has 0 bridgehead atoms. The number of anilines is 1. The fraction of sp³-hybridized carbons (Fsp3) is 0.900. The molecule has 1 saturated heterocycles. The molecule has 1 aliphatic heterocycles. The van der Waals surface area contributed by atoms with Crippen molar-refractivity contribution in [3.63, 3.8) is 0 Å². The second kappa shape index (κ2) is 29.3. The molecule has 60 heavy (non-hydrogen) atoms. The Morgan fingerprint density at radius 3 is 1.82 bits per heavy atom. The number of aliphatic hydroxyl groups excluding tert-OH is 2. The summed E-state index contributed by atoms with van der Waals surface area (Å²) in [5, 5.41) is 22.6. The number of hydrogen-bond donors (Lipinski definition) is 3. The van der Waals surface area contributed by atoms with Crippen molar-refractivity contribution in [2.45, 2.75) is 229 Å². The van der Waals surface area contributed by atoms with E-state index in [-0.39, 0.29) is 6.61 Å². The van der Waals surface area contributed by atoms with Gasteiger partial charge < -0.3 is 19.7 Å². The number of carbonyl (C=O) groups is 1. The highest BCUT2D eigenvalue weighted by molar-refractivity contribution is 5.83. The van der Waals surface area contributed by atoms with Crippen LogP contribution in [0.1, 0.15) is 211 Å². The van der Waals surface area contributed by atoms with Crippen molar-refractivity contribution < 1.29 is 28.9 Å². The first-order valence-electron chi connectivity index (χ1n) is 24.8. The van der Waals surface area contributed by atoms with Crippen LogP contribution in [0.3, 0.4) is 0 Å². The van der Waals surface area contributed by atoms with Gasteiger partial charge in [-0.25, -0.2) is 14.0 Å². The lowest BCUT2D eigenvalue weighted by molar-refractivity contribution is -0.0355. The summed E-state index contributed by atoms with van der Waals surface area (Å²) < 4.78 is 26.8. The molecule has 1 amide bonds. The fourth-order valence-corrected chi connectivity index (χ4v) is 9.24. The molecule has 0 aliphatic carbocycles. The van der Waals surface area contributed by atoms with E-state index in [9.17, 15) is 19.8 Å². The first-order chi connectivity index (χ1) is 28.5. The van der Waals surface area contributed by atoms with Gasteiger partial charge in [0.2, 0.25) is 0 Å². The van der Waals surface area contributed by atoms with E-state index in [2.05, 4.69) is 79.5 Å². The first kappa shape index (κ1) is 54.1. The van der Waals surface area contributed by atoms with Crippen molar-refractivity contribution in [3.8, 4) is 0 Å². The Morgan fingerprint density at radius 2 is 1.25 bits per heavy atom. The molecular weight excluding hydrogens is 758 g/mol. The van der Waals surface area contributed by atoms with E-state index >= 15 is 4.39 Å². The number of nitrogens with zero attached hydrogens (tertiary/aromatic N) is 2. The lowest BCUT2D eigenvalue weighted by Gasteiger charge is -2.25. The summed E-state index contributed by atoms with van der Waals surface area (Å²) >= 11 is 0. The number of aliphatic hydroxyl groups is 2. The number of hydrogen-bond acceptors (Lipinski definition) is 7. The van der Waals surface area contributed by atoms with Crippen LogP contribution < -0.4 is 11.0 Å². The number of amides is 1. The topological polar surface area (TPSA) is 123 Å². The van der Waals surface area contributed by atoms with Gasteiger partial charge >= 0.3 is 11.8 Å². The SMILES string of the molecule is CCCCC(C)[C@H](C)CCCCC(C)[C@H](C)CCC(C)CCC(CCOC(=O)Nc1nc(=O)n(C2OC(C)C(O)C2O)cc1F)CCC(CC)CCCC(C)[C@H](C)CCC. The zero-order valence-electron chi connectivity index (χ0n) is 40.2. The first-order valence-corrected chi connectivity index (χ1v) is 24.8. The van der Waals surface area contributed by atoms with Crippen molar-refractivity contribution in [2.24, 2.45) is 53.3 Å². The standard InChI is InChI=1S/C50H92FN3O6/c1-12-15-20-36(6)37(7)21-16-17-22-38(8)40(10)27-25-34(4)26-28-43(30-29-42(14-3)24-18-23-39(9)35(5)19-13-2)31-32-59-50(58)53-47-44(51)33-54(49(57)52-47)48-46(56)45(55)41(11)60-48/h33-43,45-46,48,55-56H,12-32H2,1-11H3,(H,52,53,57,58)/t34?,35-,36?,37-,38?,39?,40-,41?,42?,43?,45?,46?,48?/m1/s1. The van der Waals surface area contributed by atoms with E-state index in [1.54, 1.807) is 6.92 Å². The molecule has 10 heteroatoms. The van der Waals surface area contributed by atoms with Gasteiger partial charge in [-0.15, -0.1) is 0 Å². The Balaban J connectivity index is 1.92. The van der Waals surface area contributed by atoms with Crippen molar-refractivity contribution in [1.82, 2.24) is 9.55 Å². The molecule has 2 rings (SSSR count). The van der Waals surface area contributed by atoms with Gasteiger partial charge in [0.15, 0.2) is 17.9 Å². The summed E-state index contributed by atoms with van der Waals surface area (Å²) in [5.74, 6) is 4.87. The number of aromatic nitrogens is 2. The summed E-state index contributed by atoms with van der Waals surface area (Å²) in [6.45, 7) is 25.6. The molecule has 0 aromatic carbocycles. The van der Waals surface area contributed by atoms with Crippen LogP contribution in [0.25, 0.3) is 0 Å². The zero-order valence-corrected chi connectivity index (χ0v) is 40.2. The third-order valence-corrected chi connectivity index (χ3v) is 14.9. The Morgan fingerprint density at radius 1 is 0.717 bits per heavy atom. The van der Waals surface area contributed by atoms with Gasteiger partial charge in [-0.3, -0.25) is 9.88 Å². The predicted molar refractivity (Wildman–Crippen MR) is 246 cm³/mol. The quantitative estimate of drug-likeness (QED) is 0.0617. The Bertz CT molecular complexity index is 1360. The minimum absolute atomic E-state index is 0.191. The van der Waals surface area contributed by atoms with Crippen LogP contribution in [0, 0.1) is 59.1 Å². The summed E-state index contributed by atoms with van der Waals surface area (Å²) in [6.07, 6.45) is 19.9. The average molecular weight is 850 g/mol. The van der Waals surface area contributed by atoms with Gasteiger partial charge in [-0.05, 0) is 66.6 Å². The summed E-state index contributed by atoms with van der Waals surface area (Å²) in [7, 11) is 0. The smallest absolute Gasteiger partial charge is 0.412 e. The molecule has 10 unspecified atom stereocenters. The minimum atomic E-state index is -1.43. The fourth-order valence-electron chi connectivity index (χ4n) is 9.24. The van der Waals surface area contributed by atoms with Crippen LogP contribution >= 0.6 is 0 Å². The van der Waals surface area contributed by atoms with Gasteiger partial charge in [0.1, 0.15) is 12.2 Å².